The van der Waals surface area contributed by atoms with E-state index in [4.69, 9.17) is 11.6 Å². The van der Waals surface area contributed by atoms with E-state index in [1.807, 2.05) is 24.3 Å². The number of carbonyl (C=O) groups excluding carboxylic acids is 1. The highest BCUT2D eigenvalue weighted by atomic mass is 35.5. The molecule has 3 aromatic rings. The molecule has 0 saturated heterocycles. The standard InChI is InChI=1S/C14H12ClN7O/c15-12-6-2-1-5-11(12)14-19-21-22(20-14)9-13(23)18-17-8-10-4-3-7-16-10/h1-8,16H,9H2,(H,18,23)/b17-8-. The van der Waals surface area contributed by atoms with Gasteiger partial charge in [0.1, 0.15) is 6.54 Å². The van der Waals surface area contributed by atoms with Crippen LogP contribution in [0.15, 0.2) is 47.7 Å². The van der Waals surface area contributed by atoms with Crippen LogP contribution in [0.1, 0.15) is 5.69 Å². The lowest BCUT2D eigenvalue weighted by molar-refractivity contribution is -0.122. The molecule has 0 radical (unpaired) electrons. The monoisotopic (exact) mass is 329 g/mol. The molecule has 0 bridgehead atoms. The quantitative estimate of drug-likeness (QED) is 0.546. The lowest BCUT2D eigenvalue weighted by Gasteiger charge is -1.98. The second kappa shape index (κ2) is 6.84. The number of aromatic nitrogens is 5. The molecule has 0 spiro atoms. The van der Waals surface area contributed by atoms with Gasteiger partial charge in [-0.3, -0.25) is 4.79 Å². The van der Waals surface area contributed by atoms with Crippen molar-refractivity contribution in [2.75, 3.05) is 0 Å². The number of nitrogens with one attached hydrogen (secondary N) is 2. The molecule has 2 heterocycles. The molecule has 3 rings (SSSR count). The van der Waals surface area contributed by atoms with Gasteiger partial charge in [-0.15, -0.1) is 10.2 Å². The van der Waals surface area contributed by atoms with E-state index in [9.17, 15) is 4.79 Å². The fraction of sp³-hybridized carbons (Fsp3) is 0.0714. The highest BCUT2D eigenvalue weighted by Gasteiger charge is 2.11. The summed E-state index contributed by atoms with van der Waals surface area (Å²) in [6.45, 7) is -0.0977. The first-order valence-corrected chi connectivity index (χ1v) is 7.08. The largest absolute Gasteiger partial charge is 0.360 e. The highest BCUT2D eigenvalue weighted by molar-refractivity contribution is 6.33. The maximum Gasteiger partial charge on any atom is 0.263 e. The third-order valence-electron chi connectivity index (χ3n) is 2.87. The summed E-state index contributed by atoms with van der Waals surface area (Å²) in [5, 5.41) is 16.2. The molecule has 1 aromatic carbocycles. The summed E-state index contributed by atoms with van der Waals surface area (Å²) < 4.78 is 0. The molecule has 2 N–H and O–H groups in total. The zero-order valence-electron chi connectivity index (χ0n) is 11.8. The summed E-state index contributed by atoms with van der Waals surface area (Å²) in [6, 6.07) is 10.8. The number of hydrogen-bond acceptors (Lipinski definition) is 5. The average Bonchev–Trinajstić information content (AvgIpc) is 3.20. The van der Waals surface area contributed by atoms with Crippen LogP contribution in [-0.4, -0.2) is 37.3 Å². The number of aromatic amines is 1. The predicted molar refractivity (Wildman–Crippen MR) is 84.8 cm³/mol. The van der Waals surface area contributed by atoms with E-state index in [-0.39, 0.29) is 12.5 Å². The topological polar surface area (TPSA) is 101 Å². The van der Waals surface area contributed by atoms with Crippen molar-refractivity contribution in [3.8, 4) is 11.4 Å². The van der Waals surface area contributed by atoms with Crippen molar-refractivity contribution in [3.05, 3.63) is 53.3 Å². The van der Waals surface area contributed by atoms with Crippen LogP contribution in [0.25, 0.3) is 11.4 Å². The minimum atomic E-state index is -0.365. The second-order valence-electron chi connectivity index (χ2n) is 4.54. The van der Waals surface area contributed by atoms with Crippen LogP contribution in [0.5, 0.6) is 0 Å². The van der Waals surface area contributed by atoms with Crippen LogP contribution in [0.4, 0.5) is 0 Å². The summed E-state index contributed by atoms with van der Waals surface area (Å²) in [7, 11) is 0. The van der Waals surface area contributed by atoms with E-state index in [1.54, 1.807) is 18.3 Å². The molecule has 116 valence electrons. The van der Waals surface area contributed by atoms with Crippen LogP contribution in [-0.2, 0) is 11.3 Å². The number of tetrazole rings is 1. The third-order valence-corrected chi connectivity index (χ3v) is 3.20. The van der Waals surface area contributed by atoms with Gasteiger partial charge in [-0.05, 0) is 29.5 Å². The van der Waals surface area contributed by atoms with Crippen molar-refractivity contribution in [2.24, 2.45) is 5.10 Å². The zero-order chi connectivity index (χ0) is 16.1. The number of rotatable bonds is 5. The van der Waals surface area contributed by atoms with Gasteiger partial charge in [0.25, 0.3) is 5.91 Å². The van der Waals surface area contributed by atoms with E-state index < -0.39 is 0 Å². The number of benzene rings is 1. The van der Waals surface area contributed by atoms with Gasteiger partial charge < -0.3 is 4.98 Å². The zero-order valence-corrected chi connectivity index (χ0v) is 12.6. The molecular formula is C14H12ClN7O. The maximum absolute atomic E-state index is 11.8. The Morgan fingerprint density at radius 3 is 3.00 bits per heavy atom. The molecular weight excluding hydrogens is 318 g/mol. The van der Waals surface area contributed by atoms with Gasteiger partial charge in [-0.1, -0.05) is 23.7 Å². The molecule has 2 aromatic heterocycles. The number of carbonyl (C=O) groups is 1. The molecule has 8 nitrogen and oxygen atoms in total. The van der Waals surface area contributed by atoms with Crippen molar-refractivity contribution < 1.29 is 4.79 Å². The van der Waals surface area contributed by atoms with Crippen molar-refractivity contribution in [3.63, 3.8) is 0 Å². The number of H-pyrrole nitrogens is 1. The van der Waals surface area contributed by atoms with Gasteiger partial charge in [0, 0.05) is 11.8 Å². The Labute approximate surface area is 136 Å². The Bertz CT molecular complexity index is 825. The molecule has 23 heavy (non-hydrogen) atoms. The number of halogens is 1. The van der Waals surface area contributed by atoms with Crippen LogP contribution in [0.2, 0.25) is 5.02 Å². The molecule has 0 aliphatic carbocycles. The summed E-state index contributed by atoms with van der Waals surface area (Å²) >= 11 is 6.07. The van der Waals surface area contributed by atoms with Crippen LogP contribution < -0.4 is 5.43 Å². The molecule has 1 amide bonds. The van der Waals surface area contributed by atoms with E-state index in [0.717, 1.165) is 5.69 Å². The van der Waals surface area contributed by atoms with Crippen LogP contribution >= 0.6 is 11.6 Å². The Morgan fingerprint density at radius 2 is 2.22 bits per heavy atom. The normalized spacial score (nSPS) is 11.0. The molecule has 9 heteroatoms. The average molecular weight is 330 g/mol. The van der Waals surface area contributed by atoms with E-state index in [0.29, 0.717) is 16.4 Å². The first-order chi connectivity index (χ1) is 11.2. The third kappa shape index (κ3) is 3.80. The second-order valence-corrected chi connectivity index (χ2v) is 4.95. The summed E-state index contributed by atoms with van der Waals surface area (Å²) in [5.74, 6) is -0.00537. The van der Waals surface area contributed by atoms with Crippen LogP contribution in [0.3, 0.4) is 0 Å². The SMILES string of the molecule is O=C(Cn1nnc(-c2ccccc2Cl)n1)N/N=C\c1ccc[nH]1. The van der Waals surface area contributed by atoms with Gasteiger partial charge in [0.2, 0.25) is 5.82 Å². The van der Waals surface area contributed by atoms with E-state index in [1.165, 1.54) is 11.0 Å². The van der Waals surface area contributed by atoms with Gasteiger partial charge >= 0.3 is 0 Å². The Balaban J connectivity index is 1.60. The molecule has 0 unspecified atom stereocenters. The number of amides is 1. The van der Waals surface area contributed by atoms with E-state index in [2.05, 4.69) is 30.9 Å². The minimum absolute atomic E-state index is 0.0977. The van der Waals surface area contributed by atoms with Gasteiger partial charge in [-0.25, -0.2) is 5.43 Å². The fourth-order valence-electron chi connectivity index (χ4n) is 1.82. The van der Waals surface area contributed by atoms with Crippen molar-refractivity contribution >= 4 is 23.7 Å². The minimum Gasteiger partial charge on any atom is -0.360 e. The first kappa shape index (κ1) is 14.9. The first-order valence-electron chi connectivity index (χ1n) is 6.70. The molecule has 0 fully saturated rings. The van der Waals surface area contributed by atoms with Crippen LogP contribution in [0, 0.1) is 0 Å². The van der Waals surface area contributed by atoms with Crippen molar-refractivity contribution in [2.45, 2.75) is 6.54 Å². The number of nitrogens with zero attached hydrogens (tertiary/aromatic N) is 5. The summed E-state index contributed by atoms with van der Waals surface area (Å²) in [4.78, 5) is 15.9. The van der Waals surface area contributed by atoms with Gasteiger partial charge in [-0.2, -0.15) is 9.90 Å². The smallest absolute Gasteiger partial charge is 0.263 e. The van der Waals surface area contributed by atoms with Gasteiger partial charge in [0.15, 0.2) is 0 Å². The molecule has 0 atom stereocenters. The number of hydrazone groups is 1. The molecule has 0 saturated carbocycles. The van der Waals surface area contributed by atoms with Gasteiger partial charge in [0.05, 0.1) is 16.9 Å². The Kier molecular flexibility index (Phi) is 4.44. The molecule has 0 aliphatic heterocycles. The van der Waals surface area contributed by atoms with E-state index >= 15 is 0 Å². The summed E-state index contributed by atoms with van der Waals surface area (Å²) in [6.07, 6.45) is 3.26. The lowest BCUT2D eigenvalue weighted by atomic mass is 10.2. The molecule has 0 aliphatic rings. The van der Waals surface area contributed by atoms with Crippen molar-refractivity contribution in [1.82, 2.24) is 30.6 Å². The van der Waals surface area contributed by atoms with Crippen molar-refractivity contribution in [1.29, 1.82) is 0 Å². The summed E-state index contributed by atoms with van der Waals surface area (Å²) in [5.41, 5.74) is 3.83. The predicted octanol–water partition coefficient (Wildman–Crippen LogP) is 1.47. The number of hydrogen-bond donors (Lipinski definition) is 2. The maximum atomic E-state index is 11.8. The Morgan fingerprint density at radius 1 is 1.35 bits per heavy atom. The fourth-order valence-corrected chi connectivity index (χ4v) is 2.04. The Hall–Kier alpha value is -3.00. The highest BCUT2D eigenvalue weighted by Crippen LogP contribution is 2.23. The lowest BCUT2D eigenvalue weighted by Crippen LogP contribution is -2.24.